The van der Waals surface area contributed by atoms with Gasteiger partial charge in [-0.2, -0.15) is 0 Å². The predicted octanol–water partition coefficient (Wildman–Crippen LogP) is 1.18. The van der Waals surface area contributed by atoms with Crippen molar-refractivity contribution >= 4 is 18.3 Å². The van der Waals surface area contributed by atoms with E-state index in [0.29, 0.717) is 45.4 Å². The summed E-state index contributed by atoms with van der Waals surface area (Å²) in [4.78, 5) is 30.4. The highest BCUT2D eigenvalue weighted by Gasteiger charge is 2.32. The SMILES string of the molecule is NC(N)=NCCCC1NC(CNC=O)CCN(CC(c2ccccc2)c2ccccc2)C1=O. The first kappa shape index (κ1) is 24.3. The maximum Gasteiger partial charge on any atom is 0.239 e. The zero-order valence-corrected chi connectivity index (χ0v) is 18.9. The topological polar surface area (TPSA) is 126 Å². The number of nitrogens with zero attached hydrogens (tertiary/aromatic N) is 2. The molecule has 2 unspecified atom stereocenters. The maximum absolute atomic E-state index is 13.6. The Balaban J connectivity index is 1.80. The first-order valence-corrected chi connectivity index (χ1v) is 11.5. The fourth-order valence-electron chi connectivity index (χ4n) is 4.32. The molecule has 176 valence electrons. The van der Waals surface area contributed by atoms with Crippen LogP contribution in [0.25, 0.3) is 0 Å². The summed E-state index contributed by atoms with van der Waals surface area (Å²) < 4.78 is 0. The Morgan fingerprint density at radius 3 is 2.33 bits per heavy atom. The van der Waals surface area contributed by atoms with Gasteiger partial charge < -0.3 is 27.0 Å². The molecule has 1 aliphatic rings. The average Bonchev–Trinajstić information content (AvgIpc) is 2.98. The van der Waals surface area contributed by atoms with Crippen molar-refractivity contribution in [2.75, 3.05) is 26.2 Å². The summed E-state index contributed by atoms with van der Waals surface area (Å²) >= 11 is 0. The molecule has 1 saturated heterocycles. The quantitative estimate of drug-likeness (QED) is 0.177. The summed E-state index contributed by atoms with van der Waals surface area (Å²) in [5.74, 6) is 0.201. The van der Waals surface area contributed by atoms with E-state index in [-0.39, 0.29) is 29.9 Å². The number of guanidine groups is 1. The number of benzene rings is 2. The average molecular weight is 451 g/mol. The molecule has 0 aromatic heterocycles. The van der Waals surface area contributed by atoms with Crippen LogP contribution >= 0.6 is 0 Å². The minimum absolute atomic E-state index is 0.0177. The van der Waals surface area contributed by atoms with Crippen LogP contribution in [-0.4, -0.2) is 61.4 Å². The lowest BCUT2D eigenvalue weighted by molar-refractivity contribution is -0.133. The number of rotatable bonds is 11. The van der Waals surface area contributed by atoms with E-state index in [4.69, 9.17) is 11.5 Å². The molecule has 1 fully saturated rings. The fraction of sp³-hybridized carbons (Fsp3) is 0.400. The highest BCUT2D eigenvalue weighted by atomic mass is 16.2. The van der Waals surface area contributed by atoms with Crippen LogP contribution in [0.3, 0.4) is 0 Å². The first-order chi connectivity index (χ1) is 16.1. The van der Waals surface area contributed by atoms with Crippen LogP contribution in [0.4, 0.5) is 0 Å². The van der Waals surface area contributed by atoms with Crippen molar-refractivity contribution in [3.05, 3.63) is 71.8 Å². The molecule has 8 nitrogen and oxygen atoms in total. The van der Waals surface area contributed by atoms with Crippen LogP contribution in [0.2, 0.25) is 0 Å². The third-order valence-electron chi connectivity index (χ3n) is 5.99. The smallest absolute Gasteiger partial charge is 0.239 e. The van der Waals surface area contributed by atoms with Crippen LogP contribution in [0.15, 0.2) is 65.7 Å². The molecule has 8 heteroatoms. The molecule has 1 aliphatic heterocycles. The highest BCUT2D eigenvalue weighted by Crippen LogP contribution is 2.27. The van der Waals surface area contributed by atoms with Gasteiger partial charge in [-0.25, -0.2) is 0 Å². The number of aliphatic imine (C=N–C) groups is 1. The molecule has 0 bridgehead atoms. The number of amides is 2. The van der Waals surface area contributed by atoms with Gasteiger partial charge in [-0.05, 0) is 30.4 Å². The second-order valence-corrected chi connectivity index (χ2v) is 8.34. The Hall–Kier alpha value is -3.39. The molecule has 2 amide bonds. The van der Waals surface area contributed by atoms with Gasteiger partial charge >= 0.3 is 0 Å². The molecule has 2 atom stereocenters. The number of carbonyl (C=O) groups excluding carboxylic acids is 2. The first-order valence-electron chi connectivity index (χ1n) is 11.5. The molecule has 6 N–H and O–H groups in total. The van der Waals surface area contributed by atoms with Crippen LogP contribution in [-0.2, 0) is 9.59 Å². The van der Waals surface area contributed by atoms with Gasteiger partial charge in [0.1, 0.15) is 0 Å². The molecular formula is C25H34N6O2. The van der Waals surface area contributed by atoms with Gasteiger partial charge in [0, 0.05) is 38.1 Å². The molecule has 1 heterocycles. The van der Waals surface area contributed by atoms with Gasteiger partial charge in [-0.3, -0.25) is 14.6 Å². The van der Waals surface area contributed by atoms with Crippen molar-refractivity contribution in [1.29, 1.82) is 0 Å². The normalized spacial score (nSPS) is 18.6. The molecule has 0 radical (unpaired) electrons. The highest BCUT2D eigenvalue weighted by molar-refractivity contribution is 5.82. The van der Waals surface area contributed by atoms with Crippen LogP contribution in [0.1, 0.15) is 36.3 Å². The monoisotopic (exact) mass is 450 g/mol. The van der Waals surface area contributed by atoms with E-state index >= 15 is 0 Å². The molecule has 2 aromatic carbocycles. The minimum Gasteiger partial charge on any atom is -0.370 e. The van der Waals surface area contributed by atoms with Gasteiger partial charge in [-0.1, -0.05) is 60.7 Å². The lowest BCUT2D eigenvalue weighted by Gasteiger charge is -2.29. The van der Waals surface area contributed by atoms with E-state index in [1.54, 1.807) is 0 Å². The van der Waals surface area contributed by atoms with Crippen molar-refractivity contribution in [1.82, 2.24) is 15.5 Å². The molecule has 0 saturated carbocycles. The Labute approximate surface area is 195 Å². The third-order valence-corrected chi connectivity index (χ3v) is 5.99. The summed E-state index contributed by atoms with van der Waals surface area (Å²) in [7, 11) is 0. The van der Waals surface area contributed by atoms with Crippen molar-refractivity contribution in [2.45, 2.75) is 37.3 Å². The van der Waals surface area contributed by atoms with E-state index in [1.807, 2.05) is 41.3 Å². The lowest BCUT2D eigenvalue weighted by atomic mass is 9.90. The minimum atomic E-state index is -0.354. The Morgan fingerprint density at radius 2 is 1.76 bits per heavy atom. The maximum atomic E-state index is 13.6. The molecule has 2 aromatic rings. The van der Waals surface area contributed by atoms with Gasteiger partial charge in [-0.15, -0.1) is 0 Å². The van der Waals surface area contributed by atoms with E-state index in [0.717, 1.165) is 6.42 Å². The van der Waals surface area contributed by atoms with E-state index in [9.17, 15) is 9.59 Å². The van der Waals surface area contributed by atoms with Crippen molar-refractivity contribution in [3.8, 4) is 0 Å². The van der Waals surface area contributed by atoms with Crippen LogP contribution < -0.4 is 22.1 Å². The Morgan fingerprint density at radius 1 is 1.12 bits per heavy atom. The van der Waals surface area contributed by atoms with Crippen molar-refractivity contribution < 1.29 is 9.59 Å². The number of hydrogen-bond acceptors (Lipinski definition) is 4. The van der Waals surface area contributed by atoms with Crippen molar-refractivity contribution in [3.63, 3.8) is 0 Å². The molecule has 0 spiro atoms. The second-order valence-electron chi connectivity index (χ2n) is 8.34. The summed E-state index contributed by atoms with van der Waals surface area (Å²) in [6.07, 6.45) is 2.75. The molecular weight excluding hydrogens is 416 g/mol. The molecule has 33 heavy (non-hydrogen) atoms. The summed E-state index contributed by atoms with van der Waals surface area (Å²) in [6, 6.07) is 20.3. The molecule has 0 aliphatic carbocycles. The van der Waals surface area contributed by atoms with Gasteiger partial charge in [0.25, 0.3) is 0 Å². The number of carbonyl (C=O) groups is 2. The number of hydrogen-bond donors (Lipinski definition) is 4. The Kier molecular flexibility index (Phi) is 9.26. The van der Waals surface area contributed by atoms with E-state index < -0.39 is 0 Å². The van der Waals surface area contributed by atoms with Crippen molar-refractivity contribution in [2.24, 2.45) is 16.5 Å². The summed E-state index contributed by atoms with van der Waals surface area (Å²) in [6.45, 7) is 2.17. The zero-order chi connectivity index (χ0) is 23.5. The predicted molar refractivity (Wildman–Crippen MR) is 131 cm³/mol. The Bertz CT molecular complexity index is 862. The van der Waals surface area contributed by atoms with Gasteiger partial charge in [0.05, 0.1) is 6.04 Å². The number of nitrogens with two attached hydrogens (primary N) is 2. The summed E-state index contributed by atoms with van der Waals surface area (Å²) in [5.41, 5.74) is 13.2. The second kappa shape index (κ2) is 12.6. The fourth-order valence-corrected chi connectivity index (χ4v) is 4.32. The molecule has 3 rings (SSSR count). The van der Waals surface area contributed by atoms with E-state index in [1.165, 1.54) is 11.1 Å². The van der Waals surface area contributed by atoms with Crippen LogP contribution in [0, 0.1) is 0 Å². The zero-order valence-electron chi connectivity index (χ0n) is 18.9. The lowest BCUT2D eigenvalue weighted by Crippen LogP contribution is -2.48. The standard InChI is InChI=1S/C25H34N6O2/c26-25(27)29-14-7-12-23-24(33)31(15-13-21(30-23)16-28-18-32)17-22(19-8-3-1-4-9-19)20-10-5-2-6-11-20/h1-6,8-11,18,21-23,30H,7,12-17H2,(H,28,32)(H4,26,27,29). The largest absolute Gasteiger partial charge is 0.370 e. The van der Waals surface area contributed by atoms with Crippen LogP contribution in [0.5, 0.6) is 0 Å². The van der Waals surface area contributed by atoms with Gasteiger partial charge in [0.15, 0.2) is 5.96 Å². The summed E-state index contributed by atoms with van der Waals surface area (Å²) in [5, 5.41) is 6.19. The van der Waals surface area contributed by atoms with E-state index in [2.05, 4.69) is 39.9 Å². The van der Waals surface area contributed by atoms with Gasteiger partial charge in [0.2, 0.25) is 12.3 Å². The number of nitrogens with one attached hydrogen (secondary N) is 2. The third kappa shape index (κ3) is 7.32.